The molecule has 1 aromatic heterocycles. The lowest BCUT2D eigenvalue weighted by Gasteiger charge is -2.14. The molecule has 4 heteroatoms. The van der Waals surface area contributed by atoms with Crippen LogP contribution < -0.4 is 5.32 Å². The Morgan fingerprint density at radius 3 is 2.31 bits per heavy atom. The molecule has 32 heavy (non-hydrogen) atoms. The molecule has 1 aliphatic carbocycles. The zero-order chi connectivity index (χ0) is 22.1. The van der Waals surface area contributed by atoms with Crippen molar-refractivity contribution in [2.24, 2.45) is 7.05 Å². The van der Waals surface area contributed by atoms with E-state index in [1.54, 1.807) is 0 Å². The number of hydrogen-bond acceptors (Lipinski definition) is 2. The molecular weight excluding hydrogens is 396 g/mol. The van der Waals surface area contributed by atoms with E-state index in [0.29, 0.717) is 13.2 Å². The summed E-state index contributed by atoms with van der Waals surface area (Å²) in [5, 5.41) is 4.06. The van der Waals surface area contributed by atoms with Crippen LogP contribution in [0.3, 0.4) is 0 Å². The predicted molar refractivity (Wildman–Crippen MR) is 130 cm³/mol. The number of aryl methyl sites for hydroxylation is 1. The molecule has 0 spiro atoms. The molecule has 0 saturated carbocycles. The van der Waals surface area contributed by atoms with Gasteiger partial charge in [0.1, 0.15) is 6.61 Å². The average molecular weight is 423 g/mol. The van der Waals surface area contributed by atoms with Gasteiger partial charge < -0.3 is 14.6 Å². The highest BCUT2D eigenvalue weighted by Crippen LogP contribution is 2.44. The lowest BCUT2D eigenvalue weighted by molar-refractivity contribution is 0.144. The fourth-order valence-electron chi connectivity index (χ4n) is 4.73. The second-order valence-corrected chi connectivity index (χ2v) is 8.18. The summed E-state index contributed by atoms with van der Waals surface area (Å²) in [7, 11) is 2.07. The fourth-order valence-corrected chi connectivity index (χ4v) is 4.73. The molecule has 160 valence electrons. The van der Waals surface area contributed by atoms with Crippen LogP contribution in [0.2, 0.25) is 0 Å². The maximum atomic E-state index is 12.3. The molecule has 3 aromatic carbocycles. The third-order valence-electron chi connectivity index (χ3n) is 6.44. The van der Waals surface area contributed by atoms with Gasteiger partial charge >= 0.3 is 6.09 Å². The predicted octanol–water partition coefficient (Wildman–Crippen LogP) is 6.04. The van der Waals surface area contributed by atoms with Crippen LogP contribution in [-0.2, 0) is 11.8 Å². The summed E-state index contributed by atoms with van der Waals surface area (Å²) in [5.74, 6) is 0.0713. The number of carbonyl (C=O) groups is 1. The highest BCUT2D eigenvalue weighted by molar-refractivity contribution is 5.91. The largest absolute Gasteiger partial charge is 0.449 e. The van der Waals surface area contributed by atoms with Gasteiger partial charge in [0, 0.05) is 41.7 Å². The number of amides is 1. The molecule has 0 saturated heterocycles. The van der Waals surface area contributed by atoms with E-state index in [0.717, 1.165) is 0 Å². The molecule has 5 rings (SSSR count). The lowest BCUT2D eigenvalue weighted by atomic mass is 9.98. The summed E-state index contributed by atoms with van der Waals surface area (Å²) < 4.78 is 7.79. The highest BCUT2D eigenvalue weighted by atomic mass is 16.5. The Bertz CT molecular complexity index is 1290. The van der Waals surface area contributed by atoms with Crippen LogP contribution in [0, 0.1) is 6.92 Å². The zero-order valence-electron chi connectivity index (χ0n) is 18.3. The van der Waals surface area contributed by atoms with E-state index in [1.165, 1.54) is 44.4 Å². The number of rotatable bonds is 5. The lowest BCUT2D eigenvalue weighted by Crippen LogP contribution is -2.26. The van der Waals surface area contributed by atoms with Gasteiger partial charge in [0.05, 0.1) is 0 Å². The van der Waals surface area contributed by atoms with E-state index in [-0.39, 0.29) is 5.92 Å². The van der Waals surface area contributed by atoms with Gasteiger partial charge in [-0.15, -0.1) is 0 Å². The molecule has 1 N–H and O–H groups in total. The van der Waals surface area contributed by atoms with Gasteiger partial charge in [-0.1, -0.05) is 78.9 Å². The van der Waals surface area contributed by atoms with Crippen LogP contribution in [0.4, 0.5) is 4.79 Å². The zero-order valence-corrected chi connectivity index (χ0v) is 18.3. The number of para-hydroxylation sites is 1. The maximum absolute atomic E-state index is 12.3. The van der Waals surface area contributed by atoms with Gasteiger partial charge in [-0.3, -0.25) is 0 Å². The molecule has 0 aliphatic heterocycles. The minimum absolute atomic E-state index is 0.0713. The first kappa shape index (κ1) is 20.1. The molecule has 0 atom stereocenters. The topological polar surface area (TPSA) is 43.3 Å². The number of benzene rings is 3. The van der Waals surface area contributed by atoms with Gasteiger partial charge in [0.25, 0.3) is 0 Å². The van der Waals surface area contributed by atoms with Gasteiger partial charge in [0.2, 0.25) is 0 Å². The van der Waals surface area contributed by atoms with Crippen molar-refractivity contribution >= 4 is 23.1 Å². The molecule has 0 fully saturated rings. The molecule has 0 radical (unpaired) electrons. The number of ether oxygens (including phenoxy) is 1. The number of aromatic nitrogens is 1. The summed E-state index contributed by atoms with van der Waals surface area (Å²) in [6, 6.07) is 25.0. The number of carbonyl (C=O) groups excluding carboxylic acids is 1. The van der Waals surface area contributed by atoms with Crippen molar-refractivity contribution in [1.29, 1.82) is 0 Å². The first-order chi connectivity index (χ1) is 15.6. The quantitative estimate of drug-likeness (QED) is 0.426. The third kappa shape index (κ3) is 3.48. The van der Waals surface area contributed by atoms with Crippen molar-refractivity contribution < 1.29 is 9.53 Å². The summed E-state index contributed by atoms with van der Waals surface area (Å²) in [6.07, 6.45) is 3.64. The van der Waals surface area contributed by atoms with Crippen LogP contribution in [0.25, 0.3) is 28.1 Å². The first-order valence-electron chi connectivity index (χ1n) is 10.9. The number of nitrogens with zero attached hydrogens (tertiary/aromatic N) is 1. The molecule has 1 amide bonds. The van der Waals surface area contributed by atoms with E-state index < -0.39 is 6.09 Å². The minimum Gasteiger partial charge on any atom is -0.449 e. The molecule has 4 aromatic rings. The van der Waals surface area contributed by atoms with Gasteiger partial charge in [0.15, 0.2) is 0 Å². The normalized spacial score (nSPS) is 12.8. The Labute approximate surface area is 188 Å². The standard InChI is InChI=1S/C28H26N2O2/c1-19-20(25-14-7-8-16-27(25)30(19)2)15-9-17-29-28(31)32-18-26-23-12-5-3-10-21(23)22-11-4-6-13-24(22)26/h3-16,26H,17-18H2,1-2H3,(H,29,31). The first-order valence-corrected chi connectivity index (χ1v) is 10.9. The van der Waals surface area contributed by atoms with Crippen LogP contribution in [-0.4, -0.2) is 23.8 Å². The Morgan fingerprint density at radius 1 is 0.969 bits per heavy atom. The van der Waals surface area contributed by atoms with Crippen molar-refractivity contribution in [3.63, 3.8) is 0 Å². The maximum Gasteiger partial charge on any atom is 0.407 e. The summed E-state index contributed by atoms with van der Waals surface area (Å²) in [4.78, 5) is 12.3. The van der Waals surface area contributed by atoms with Crippen molar-refractivity contribution in [2.45, 2.75) is 12.8 Å². The Kier molecular flexibility index (Phi) is 5.28. The Hall–Kier alpha value is -3.79. The Morgan fingerprint density at radius 2 is 1.59 bits per heavy atom. The molecule has 1 aliphatic rings. The summed E-state index contributed by atoms with van der Waals surface area (Å²) in [6.45, 7) is 2.85. The van der Waals surface area contributed by atoms with Crippen molar-refractivity contribution in [2.75, 3.05) is 13.2 Å². The van der Waals surface area contributed by atoms with Crippen LogP contribution >= 0.6 is 0 Å². The Balaban J connectivity index is 1.21. The van der Waals surface area contributed by atoms with Crippen molar-refractivity contribution in [3.05, 3.63) is 101 Å². The van der Waals surface area contributed by atoms with E-state index in [1.807, 2.05) is 30.3 Å². The number of hydrogen-bond donors (Lipinski definition) is 1. The number of nitrogens with one attached hydrogen (secondary N) is 1. The van der Waals surface area contributed by atoms with Crippen molar-refractivity contribution in [1.82, 2.24) is 9.88 Å². The highest BCUT2D eigenvalue weighted by Gasteiger charge is 2.28. The second kappa shape index (κ2) is 8.39. The summed E-state index contributed by atoms with van der Waals surface area (Å²) >= 11 is 0. The van der Waals surface area contributed by atoms with Gasteiger partial charge in [-0.2, -0.15) is 0 Å². The number of fused-ring (bicyclic) bond motifs is 4. The smallest absolute Gasteiger partial charge is 0.407 e. The molecule has 1 heterocycles. The SMILES string of the molecule is Cc1c(C=CCNC(=O)OCC2c3ccccc3-c3ccccc32)c2ccccc2n1C. The van der Waals surface area contributed by atoms with Crippen LogP contribution in [0.5, 0.6) is 0 Å². The van der Waals surface area contributed by atoms with Crippen LogP contribution in [0.15, 0.2) is 78.9 Å². The van der Waals surface area contributed by atoms with Crippen LogP contribution in [0.1, 0.15) is 28.3 Å². The second-order valence-electron chi connectivity index (χ2n) is 8.18. The fraction of sp³-hybridized carbons (Fsp3) is 0.179. The summed E-state index contributed by atoms with van der Waals surface area (Å²) in [5.41, 5.74) is 8.46. The van der Waals surface area contributed by atoms with E-state index in [9.17, 15) is 4.79 Å². The third-order valence-corrected chi connectivity index (χ3v) is 6.44. The molecule has 0 unspecified atom stereocenters. The van der Waals surface area contributed by atoms with Gasteiger partial charge in [-0.05, 0) is 35.2 Å². The molecule has 0 bridgehead atoms. The van der Waals surface area contributed by atoms with E-state index in [4.69, 9.17) is 4.74 Å². The monoisotopic (exact) mass is 422 g/mol. The number of alkyl carbamates (subject to hydrolysis) is 1. The van der Waals surface area contributed by atoms with Gasteiger partial charge in [-0.25, -0.2) is 4.79 Å². The van der Waals surface area contributed by atoms with Crippen molar-refractivity contribution in [3.8, 4) is 11.1 Å². The molecular formula is C28H26N2O2. The average Bonchev–Trinajstić information content (AvgIpc) is 3.27. The minimum atomic E-state index is -0.397. The molecule has 4 nitrogen and oxygen atoms in total. The van der Waals surface area contributed by atoms with E-state index >= 15 is 0 Å². The van der Waals surface area contributed by atoms with E-state index in [2.05, 4.69) is 78.5 Å².